The molecular weight excluding hydrogens is 451 g/mol. The number of fused-ring (bicyclic) bond motifs is 4. The Morgan fingerprint density at radius 2 is 1.16 bits per heavy atom. The molecule has 4 aliphatic carbocycles. The van der Waals surface area contributed by atoms with Gasteiger partial charge in [-0.3, -0.25) is 0 Å². The Bertz CT molecular complexity index is 765. The van der Waals surface area contributed by atoms with Gasteiger partial charge < -0.3 is 18.5 Å². The maximum absolute atomic E-state index is 13.1. The molecule has 0 amide bonds. The molecule has 0 aromatic heterocycles. The predicted molar refractivity (Wildman–Crippen MR) is 121 cm³/mol. The molecule has 8 heteroatoms. The van der Waals surface area contributed by atoms with Crippen LogP contribution in [-0.4, -0.2) is 36.4 Å². The van der Waals surface area contributed by atoms with Crippen molar-refractivity contribution in [3.63, 3.8) is 0 Å². The highest BCUT2D eigenvalue weighted by Crippen LogP contribution is 2.67. The van der Waals surface area contributed by atoms with Crippen LogP contribution in [0, 0.1) is 33.5 Å². The molecule has 0 N–H and O–H groups in total. The van der Waals surface area contributed by atoms with Crippen molar-refractivity contribution >= 4 is 30.9 Å². The van der Waals surface area contributed by atoms with Crippen molar-refractivity contribution in [2.75, 3.05) is 0 Å². The van der Waals surface area contributed by atoms with Gasteiger partial charge in [-0.2, -0.15) is 0 Å². The van der Waals surface area contributed by atoms with E-state index >= 15 is 0 Å². The first kappa shape index (κ1) is 23.3. The van der Waals surface area contributed by atoms with Crippen LogP contribution in [0.3, 0.4) is 0 Å². The first-order valence-electron chi connectivity index (χ1n) is 12.0. The normalized spacial score (nSPS) is 48.3. The molecule has 6 nitrogen and oxygen atoms in total. The van der Waals surface area contributed by atoms with Gasteiger partial charge in [0.05, 0.1) is 0 Å². The van der Waals surface area contributed by atoms with Crippen LogP contribution < -0.4 is 0 Å². The molecule has 1 aliphatic heterocycles. The van der Waals surface area contributed by atoms with Gasteiger partial charge in [0.1, 0.15) is 12.2 Å². The number of esters is 2. The maximum Gasteiger partial charge on any atom is 0.339 e. The first-order valence-corrected chi connectivity index (χ1v) is 14.1. The molecule has 32 heavy (non-hydrogen) atoms. The Morgan fingerprint density at radius 3 is 1.44 bits per heavy atom. The Kier molecular flexibility index (Phi) is 5.31. The van der Waals surface area contributed by atoms with Gasteiger partial charge >= 0.3 is 11.9 Å². The molecule has 0 aromatic rings. The van der Waals surface area contributed by atoms with Gasteiger partial charge in [0.15, 0.2) is 12.2 Å². The van der Waals surface area contributed by atoms with Gasteiger partial charge in [-0.15, -0.1) is 0 Å². The smallest absolute Gasteiger partial charge is 0.339 e. The summed E-state index contributed by atoms with van der Waals surface area (Å²) in [5.74, 6) is -0.0454. The zero-order valence-electron chi connectivity index (χ0n) is 20.0. The Balaban J connectivity index is 1.27. The molecule has 0 radical (unpaired) electrons. The monoisotopic (exact) mass is 486 g/mol. The highest BCUT2D eigenvalue weighted by atomic mass is 35.7. The first-order chi connectivity index (χ1) is 14.8. The van der Waals surface area contributed by atoms with E-state index in [9.17, 15) is 9.59 Å². The van der Waals surface area contributed by atoms with Crippen molar-refractivity contribution in [1.82, 2.24) is 0 Å². The summed E-state index contributed by atoms with van der Waals surface area (Å²) >= 11 is 6.10. The summed E-state index contributed by atoms with van der Waals surface area (Å²) in [6.07, 6.45) is 3.40. The molecule has 0 unspecified atom stereocenters. The SMILES string of the molecule is CC1(C)[C@H]2CC[C@]1(C)[C@H](OC(=O)[C@@H]1OP(Cl)O[C@H]1C(=O)O[C@@H]1C[C@@H]3CC[C@@]1(C)C3(C)C)C2. The average Bonchev–Trinajstić information content (AvgIpc) is 3.38. The summed E-state index contributed by atoms with van der Waals surface area (Å²) in [5, 5.41) is 0. The lowest BCUT2D eigenvalue weighted by atomic mass is 9.70. The number of carbonyl (C=O) groups excluding carboxylic acids is 2. The van der Waals surface area contributed by atoms with Crippen LogP contribution in [0.2, 0.25) is 0 Å². The van der Waals surface area contributed by atoms with Crippen LogP contribution in [0.4, 0.5) is 0 Å². The summed E-state index contributed by atoms with van der Waals surface area (Å²) in [4.78, 5) is 26.3. The molecule has 1 saturated heterocycles. The maximum atomic E-state index is 13.1. The standard InChI is InChI=1S/C24H36ClO6P/c1-21(2)13-7-9-23(21,5)15(11-13)28-19(26)17-18(31-32(25)30-17)20(27)29-16-12-14-8-10-24(16,6)22(14,3)4/h13-18H,7-12H2,1-6H3/t13-,14-,15+,16+,17+,18+,23+,24+/m0/s1. The van der Waals surface area contributed by atoms with Crippen LogP contribution in [0.1, 0.15) is 80.1 Å². The van der Waals surface area contributed by atoms with Gasteiger partial charge in [0.2, 0.25) is 0 Å². The third-order valence-corrected chi connectivity index (χ3v) is 12.3. The van der Waals surface area contributed by atoms with Crippen molar-refractivity contribution in [2.24, 2.45) is 33.5 Å². The molecule has 4 bridgehead atoms. The molecule has 1 heterocycles. The second-order valence-electron chi connectivity index (χ2n) is 12.3. The number of halogens is 1. The van der Waals surface area contributed by atoms with Crippen LogP contribution in [0.25, 0.3) is 0 Å². The summed E-state index contributed by atoms with van der Waals surface area (Å²) in [6, 6.07) is 0. The van der Waals surface area contributed by atoms with E-state index in [1.165, 1.54) is 12.8 Å². The number of hydrogen-bond donors (Lipinski definition) is 0. The third-order valence-electron chi connectivity index (χ3n) is 11.1. The van der Waals surface area contributed by atoms with E-state index in [-0.39, 0.29) is 33.9 Å². The van der Waals surface area contributed by atoms with Crippen LogP contribution in [0.5, 0.6) is 0 Å². The molecule has 5 fully saturated rings. The van der Waals surface area contributed by atoms with Crippen molar-refractivity contribution in [2.45, 2.75) is 104 Å². The zero-order valence-corrected chi connectivity index (χ0v) is 21.6. The van der Waals surface area contributed by atoms with Gasteiger partial charge in [-0.25, -0.2) is 9.59 Å². The fourth-order valence-corrected chi connectivity index (χ4v) is 8.99. The van der Waals surface area contributed by atoms with E-state index in [2.05, 4.69) is 41.5 Å². The minimum atomic E-state index is -1.85. The van der Waals surface area contributed by atoms with E-state index in [1.54, 1.807) is 0 Å². The summed E-state index contributed by atoms with van der Waals surface area (Å²) in [5.41, 5.74) is 0.0917. The van der Waals surface area contributed by atoms with E-state index in [0.717, 1.165) is 25.7 Å². The Morgan fingerprint density at radius 1 is 0.781 bits per heavy atom. The minimum absolute atomic E-state index is 0.0717. The fraction of sp³-hybridized carbons (Fsp3) is 0.917. The lowest BCUT2D eigenvalue weighted by Crippen LogP contribution is -2.46. The summed E-state index contributed by atoms with van der Waals surface area (Å²) in [7, 11) is -1.85. The molecule has 0 spiro atoms. The Hall–Kier alpha value is -0.420. The lowest BCUT2D eigenvalue weighted by Gasteiger charge is -2.39. The average molecular weight is 487 g/mol. The Labute approximate surface area is 197 Å². The lowest BCUT2D eigenvalue weighted by molar-refractivity contribution is -0.177. The van der Waals surface area contributed by atoms with Gasteiger partial charge in [-0.05, 0) is 72.4 Å². The molecule has 5 aliphatic rings. The van der Waals surface area contributed by atoms with Gasteiger partial charge in [0, 0.05) is 10.8 Å². The van der Waals surface area contributed by atoms with E-state index in [0.29, 0.717) is 11.8 Å². The van der Waals surface area contributed by atoms with Crippen molar-refractivity contribution in [1.29, 1.82) is 0 Å². The largest absolute Gasteiger partial charge is 0.460 e. The van der Waals surface area contributed by atoms with E-state index < -0.39 is 31.9 Å². The zero-order chi connectivity index (χ0) is 23.3. The number of carbonyl (C=O) groups is 2. The van der Waals surface area contributed by atoms with Crippen molar-refractivity contribution in [3.05, 3.63) is 0 Å². The second-order valence-corrected chi connectivity index (χ2v) is 14.0. The molecule has 8 atom stereocenters. The molecular formula is C24H36ClO6P. The quantitative estimate of drug-likeness (QED) is 0.372. The second kappa shape index (κ2) is 7.29. The predicted octanol–water partition coefficient (Wildman–Crippen LogP) is 5.75. The van der Waals surface area contributed by atoms with E-state index in [1.807, 2.05) is 0 Å². The fourth-order valence-electron chi connectivity index (χ4n) is 7.68. The number of ether oxygens (including phenoxy) is 2. The number of rotatable bonds is 4. The minimum Gasteiger partial charge on any atom is -0.460 e. The van der Waals surface area contributed by atoms with Crippen molar-refractivity contribution in [3.8, 4) is 0 Å². The van der Waals surface area contributed by atoms with Crippen molar-refractivity contribution < 1.29 is 28.1 Å². The molecule has 5 rings (SSSR count). The van der Waals surface area contributed by atoms with Crippen LogP contribution >= 0.6 is 19.0 Å². The molecule has 0 aromatic carbocycles. The molecule has 4 saturated carbocycles. The van der Waals surface area contributed by atoms with E-state index in [4.69, 9.17) is 29.8 Å². The summed E-state index contributed by atoms with van der Waals surface area (Å²) < 4.78 is 23.1. The number of hydrogen-bond acceptors (Lipinski definition) is 6. The third kappa shape index (κ3) is 3.01. The summed E-state index contributed by atoms with van der Waals surface area (Å²) in [6.45, 7) is 13.5. The van der Waals surface area contributed by atoms with Gasteiger partial charge in [0.25, 0.3) is 7.73 Å². The highest BCUT2D eigenvalue weighted by molar-refractivity contribution is 7.76. The van der Waals surface area contributed by atoms with Gasteiger partial charge in [-0.1, -0.05) is 41.5 Å². The highest BCUT2D eigenvalue weighted by Gasteiger charge is 2.65. The topological polar surface area (TPSA) is 71.1 Å². The molecule has 180 valence electrons. The van der Waals surface area contributed by atoms with Crippen LogP contribution in [0.15, 0.2) is 0 Å². The van der Waals surface area contributed by atoms with Crippen LogP contribution in [-0.2, 0) is 28.1 Å².